The zero-order valence-corrected chi connectivity index (χ0v) is 14.9. The van der Waals surface area contributed by atoms with Crippen molar-refractivity contribution in [3.8, 4) is 10.6 Å². The lowest BCUT2D eigenvalue weighted by molar-refractivity contribution is 0.0524. The van der Waals surface area contributed by atoms with Crippen LogP contribution in [0.3, 0.4) is 0 Å². The Balaban J connectivity index is 2.29. The summed E-state index contributed by atoms with van der Waals surface area (Å²) in [5.74, 6) is -1.24. The summed E-state index contributed by atoms with van der Waals surface area (Å²) in [5, 5.41) is 2.55. The molecule has 0 atom stereocenters. The summed E-state index contributed by atoms with van der Waals surface area (Å²) < 4.78 is 21.3. The number of esters is 1. The molecule has 0 fully saturated rings. The minimum Gasteiger partial charge on any atom is -0.462 e. The number of halogens is 1. The minimum atomic E-state index is -0.698. The molecule has 0 N–H and O–H groups in total. The number of carbonyl (C=O) groups excluding carboxylic acids is 1. The van der Waals surface area contributed by atoms with E-state index in [-0.39, 0.29) is 17.6 Å². The smallest absolute Gasteiger partial charge is 0.343 e. The van der Waals surface area contributed by atoms with Crippen LogP contribution in [0.4, 0.5) is 4.39 Å². The quantitative estimate of drug-likeness (QED) is 0.665. The van der Waals surface area contributed by atoms with E-state index in [9.17, 15) is 14.0 Å². The highest BCUT2D eigenvalue weighted by Gasteiger charge is 2.19. The fourth-order valence-electron chi connectivity index (χ4n) is 2.67. The highest BCUT2D eigenvalue weighted by atomic mass is 32.1. The van der Waals surface area contributed by atoms with Gasteiger partial charge in [-0.2, -0.15) is 0 Å². The number of rotatable bonds is 4. The predicted molar refractivity (Wildman–Crippen MR) is 95.6 cm³/mol. The maximum atomic E-state index is 14.6. The lowest BCUT2D eigenvalue weighted by Crippen LogP contribution is -2.21. The number of aryl methyl sites for hydroxylation is 2. The Bertz CT molecular complexity index is 1020. The summed E-state index contributed by atoms with van der Waals surface area (Å²) >= 11 is 1.35. The average molecular weight is 360 g/mol. The van der Waals surface area contributed by atoms with E-state index in [1.807, 2.05) is 19.2 Å². The molecule has 3 aromatic rings. The fraction of sp³-hybridized carbons (Fsp3) is 0.278. The first-order valence-corrected chi connectivity index (χ1v) is 8.80. The molecule has 5 nitrogen and oxygen atoms in total. The van der Waals surface area contributed by atoms with Gasteiger partial charge < -0.3 is 9.30 Å². The van der Waals surface area contributed by atoms with Crippen LogP contribution in [0.5, 0.6) is 0 Å². The van der Waals surface area contributed by atoms with Crippen molar-refractivity contribution in [2.45, 2.75) is 27.3 Å². The highest BCUT2D eigenvalue weighted by molar-refractivity contribution is 7.13. The van der Waals surface area contributed by atoms with Gasteiger partial charge in [-0.05, 0) is 32.9 Å². The second-order valence-electron chi connectivity index (χ2n) is 5.52. The van der Waals surface area contributed by atoms with E-state index in [1.54, 1.807) is 17.6 Å². The number of benzene rings is 1. The molecular weight excluding hydrogens is 343 g/mol. The molecule has 0 unspecified atom stereocenters. The van der Waals surface area contributed by atoms with Gasteiger partial charge in [-0.3, -0.25) is 4.79 Å². The van der Waals surface area contributed by atoms with Gasteiger partial charge in [0, 0.05) is 34.8 Å². The number of hydrogen-bond acceptors (Lipinski definition) is 5. The van der Waals surface area contributed by atoms with E-state index in [0.717, 1.165) is 5.69 Å². The third-order valence-corrected chi connectivity index (χ3v) is 4.85. The Morgan fingerprint density at radius 2 is 2.12 bits per heavy atom. The summed E-state index contributed by atoms with van der Waals surface area (Å²) in [7, 11) is 0. The third-order valence-electron chi connectivity index (χ3n) is 3.85. The highest BCUT2D eigenvalue weighted by Crippen LogP contribution is 2.29. The summed E-state index contributed by atoms with van der Waals surface area (Å²) in [6.07, 6.45) is 1.47. The summed E-state index contributed by atoms with van der Waals surface area (Å²) in [6, 6.07) is 2.79. The monoisotopic (exact) mass is 360 g/mol. The van der Waals surface area contributed by atoms with Crippen molar-refractivity contribution in [2.75, 3.05) is 6.61 Å². The van der Waals surface area contributed by atoms with Gasteiger partial charge in [0.25, 0.3) is 0 Å². The first-order valence-electron chi connectivity index (χ1n) is 7.92. The third kappa shape index (κ3) is 3.07. The normalized spacial score (nSPS) is 11.0. The topological polar surface area (TPSA) is 61.2 Å². The van der Waals surface area contributed by atoms with Crippen LogP contribution in [0, 0.1) is 12.7 Å². The van der Waals surface area contributed by atoms with Crippen LogP contribution in [0.1, 0.15) is 29.9 Å². The number of ether oxygens (including phenoxy) is 1. The molecule has 0 aliphatic carbocycles. The van der Waals surface area contributed by atoms with Gasteiger partial charge >= 0.3 is 5.97 Å². The van der Waals surface area contributed by atoms with Crippen molar-refractivity contribution in [2.24, 2.45) is 0 Å². The second kappa shape index (κ2) is 6.76. The number of nitrogens with zero attached hydrogens (tertiary/aromatic N) is 2. The van der Waals surface area contributed by atoms with E-state index in [2.05, 4.69) is 4.98 Å². The number of thiazole rings is 1. The maximum Gasteiger partial charge on any atom is 0.343 e. The van der Waals surface area contributed by atoms with E-state index >= 15 is 0 Å². The van der Waals surface area contributed by atoms with Crippen molar-refractivity contribution in [1.82, 2.24) is 9.55 Å². The number of pyridine rings is 1. The molecule has 0 spiro atoms. The molecule has 0 aliphatic heterocycles. The van der Waals surface area contributed by atoms with E-state index in [4.69, 9.17) is 4.74 Å². The van der Waals surface area contributed by atoms with Gasteiger partial charge in [0.1, 0.15) is 16.4 Å². The molecule has 0 saturated carbocycles. The van der Waals surface area contributed by atoms with Gasteiger partial charge in [-0.25, -0.2) is 14.2 Å². The standard InChI is InChI=1S/C18H17FN2O3S/c1-4-21-8-13(18(23)24-5-2)16(22)12-6-14(19)11(7-15(12)21)17-20-10(3)9-25-17/h6-9H,4-5H2,1-3H3. The number of carbonyl (C=O) groups is 1. The molecule has 130 valence electrons. The molecule has 0 amide bonds. The Morgan fingerprint density at radius 1 is 1.36 bits per heavy atom. The minimum absolute atomic E-state index is 0.0894. The predicted octanol–water partition coefficient (Wildman–Crippen LogP) is 3.77. The lowest BCUT2D eigenvalue weighted by atomic mass is 10.1. The van der Waals surface area contributed by atoms with Gasteiger partial charge in [-0.15, -0.1) is 11.3 Å². The molecule has 0 radical (unpaired) electrons. The molecule has 0 aliphatic rings. The number of fused-ring (bicyclic) bond motifs is 1. The van der Waals surface area contributed by atoms with Gasteiger partial charge in [0.05, 0.1) is 12.1 Å². The molecule has 0 saturated heterocycles. The Labute approximate surface area is 147 Å². The van der Waals surface area contributed by atoms with E-state index < -0.39 is 17.2 Å². The summed E-state index contributed by atoms with van der Waals surface area (Å²) in [4.78, 5) is 29.0. The van der Waals surface area contributed by atoms with Crippen LogP contribution in [0.2, 0.25) is 0 Å². The fourth-order valence-corrected chi connectivity index (χ4v) is 3.48. The van der Waals surface area contributed by atoms with Gasteiger partial charge in [-0.1, -0.05) is 0 Å². The molecular formula is C18H17FN2O3S. The summed E-state index contributed by atoms with van der Waals surface area (Å²) in [5.41, 5.74) is 1.10. The molecule has 25 heavy (non-hydrogen) atoms. The van der Waals surface area contributed by atoms with E-state index in [1.165, 1.54) is 23.6 Å². The molecule has 7 heteroatoms. The average Bonchev–Trinajstić information content (AvgIpc) is 3.01. The zero-order valence-electron chi connectivity index (χ0n) is 14.1. The molecule has 2 heterocycles. The second-order valence-corrected chi connectivity index (χ2v) is 6.38. The van der Waals surface area contributed by atoms with Crippen LogP contribution < -0.4 is 5.43 Å². The van der Waals surface area contributed by atoms with Crippen LogP contribution in [-0.4, -0.2) is 22.1 Å². The SMILES string of the molecule is CCOC(=O)c1cn(CC)c2cc(-c3nc(C)cs3)c(F)cc2c1=O. The Hall–Kier alpha value is -2.54. The van der Waals surface area contributed by atoms with Crippen molar-refractivity contribution < 1.29 is 13.9 Å². The van der Waals surface area contributed by atoms with Crippen LogP contribution >= 0.6 is 11.3 Å². The van der Waals surface area contributed by atoms with Crippen molar-refractivity contribution >= 4 is 28.2 Å². The molecule has 1 aromatic carbocycles. The maximum absolute atomic E-state index is 14.6. The number of hydrogen-bond donors (Lipinski definition) is 0. The lowest BCUT2D eigenvalue weighted by Gasteiger charge is -2.12. The van der Waals surface area contributed by atoms with Crippen LogP contribution in [-0.2, 0) is 11.3 Å². The van der Waals surface area contributed by atoms with Crippen molar-refractivity contribution in [1.29, 1.82) is 0 Å². The molecule has 0 bridgehead atoms. The first-order chi connectivity index (χ1) is 12.0. The van der Waals surface area contributed by atoms with Gasteiger partial charge in [0.15, 0.2) is 0 Å². The van der Waals surface area contributed by atoms with Crippen LogP contribution in [0.15, 0.2) is 28.5 Å². The zero-order chi connectivity index (χ0) is 18.1. The largest absolute Gasteiger partial charge is 0.462 e. The van der Waals surface area contributed by atoms with Crippen LogP contribution in [0.25, 0.3) is 21.5 Å². The Kier molecular flexibility index (Phi) is 4.67. The van der Waals surface area contributed by atoms with Gasteiger partial charge in [0.2, 0.25) is 5.43 Å². The molecule has 2 aromatic heterocycles. The number of aromatic nitrogens is 2. The first kappa shape index (κ1) is 17.3. The summed E-state index contributed by atoms with van der Waals surface area (Å²) in [6.45, 7) is 6.07. The van der Waals surface area contributed by atoms with Crippen molar-refractivity contribution in [3.05, 3.63) is 51.0 Å². The Morgan fingerprint density at radius 3 is 2.72 bits per heavy atom. The van der Waals surface area contributed by atoms with E-state index in [0.29, 0.717) is 22.6 Å². The molecule has 3 rings (SSSR count). The van der Waals surface area contributed by atoms with Crippen molar-refractivity contribution in [3.63, 3.8) is 0 Å².